The molecule has 0 aromatic heterocycles. The minimum atomic E-state index is -0.362. The second kappa shape index (κ2) is 4.91. The van der Waals surface area contributed by atoms with Crippen molar-refractivity contribution in [1.82, 2.24) is 0 Å². The van der Waals surface area contributed by atoms with Crippen LogP contribution in [0.15, 0.2) is 18.2 Å². The molecule has 0 unspecified atom stereocenters. The van der Waals surface area contributed by atoms with Crippen LogP contribution in [-0.4, -0.2) is 11.6 Å². The van der Waals surface area contributed by atoms with Gasteiger partial charge in [0.15, 0.2) is 11.6 Å². The molecule has 2 nitrogen and oxygen atoms in total. The molecule has 0 saturated carbocycles. The smallest absolute Gasteiger partial charge is 0.165 e. The number of ether oxygens (including phenoxy) is 1. The Balaban J connectivity index is 2.57. The normalized spacial score (nSPS) is 9.86. The molecule has 14 heavy (non-hydrogen) atoms. The van der Waals surface area contributed by atoms with Crippen molar-refractivity contribution in [3.05, 3.63) is 29.6 Å². The summed E-state index contributed by atoms with van der Waals surface area (Å²) in [6, 6.07) is 4.72. The van der Waals surface area contributed by atoms with E-state index in [1.54, 1.807) is 12.1 Å². The van der Waals surface area contributed by atoms with Crippen molar-refractivity contribution in [2.24, 2.45) is 5.73 Å². The molecule has 1 aromatic rings. The first kappa shape index (κ1) is 10.9. The van der Waals surface area contributed by atoms with Crippen LogP contribution in [0.2, 0.25) is 0 Å². The largest absolute Gasteiger partial charge is 0.490 e. The summed E-state index contributed by atoms with van der Waals surface area (Å²) >= 11 is 4.67. The fraction of sp³-hybridized carbons (Fsp3) is 0.300. The molecular formula is C10H12FNOS. The van der Waals surface area contributed by atoms with Crippen molar-refractivity contribution in [3.8, 4) is 5.75 Å². The number of hydrogen-bond donors (Lipinski definition) is 1. The number of benzene rings is 1. The minimum absolute atomic E-state index is 0.251. The Morgan fingerprint density at radius 2 is 2.29 bits per heavy atom. The predicted molar refractivity (Wildman–Crippen MR) is 58.0 cm³/mol. The quantitative estimate of drug-likeness (QED) is 0.779. The lowest BCUT2D eigenvalue weighted by Crippen LogP contribution is -2.12. The molecular weight excluding hydrogens is 201 g/mol. The molecule has 0 radical (unpaired) electrons. The van der Waals surface area contributed by atoms with E-state index >= 15 is 0 Å². The zero-order valence-corrected chi connectivity index (χ0v) is 8.73. The number of nitrogens with two attached hydrogens (primary N) is 1. The second-order valence-electron chi connectivity index (χ2n) is 3.00. The Kier molecular flexibility index (Phi) is 3.83. The maximum atomic E-state index is 13.1. The van der Waals surface area contributed by atoms with E-state index in [0.717, 1.165) is 5.56 Å². The summed E-state index contributed by atoms with van der Waals surface area (Å²) in [6.07, 6.45) is 0.461. The van der Waals surface area contributed by atoms with E-state index in [0.29, 0.717) is 18.0 Å². The van der Waals surface area contributed by atoms with Gasteiger partial charge in [0.05, 0.1) is 11.6 Å². The molecule has 0 aliphatic rings. The molecule has 0 bridgehead atoms. The van der Waals surface area contributed by atoms with Gasteiger partial charge in [-0.3, -0.25) is 0 Å². The minimum Gasteiger partial charge on any atom is -0.490 e. The first-order valence-electron chi connectivity index (χ1n) is 4.27. The molecule has 0 amide bonds. The topological polar surface area (TPSA) is 35.2 Å². The Morgan fingerprint density at radius 1 is 1.57 bits per heavy atom. The number of thiocarbonyl (C=S) groups is 1. The van der Waals surface area contributed by atoms with Crippen LogP contribution in [-0.2, 0) is 0 Å². The van der Waals surface area contributed by atoms with Gasteiger partial charge in [-0.1, -0.05) is 18.3 Å². The number of hydrogen-bond acceptors (Lipinski definition) is 2. The first-order chi connectivity index (χ1) is 6.59. The Bertz CT molecular complexity index is 341. The summed E-state index contributed by atoms with van der Waals surface area (Å²) in [6.45, 7) is 2.19. The van der Waals surface area contributed by atoms with Crippen LogP contribution < -0.4 is 10.5 Å². The molecule has 0 fully saturated rings. The molecule has 76 valence electrons. The van der Waals surface area contributed by atoms with Crippen LogP contribution in [0, 0.1) is 12.7 Å². The molecule has 0 aliphatic heterocycles. The van der Waals surface area contributed by atoms with E-state index < -0.39 is 0 Å². The molecule has 0 spiro atoms. The van der Waals surface area contributed by atoms with Gasteiger partial charge in [0.1, 0.15) is 0 Å². The average molecular weight is 213 g/mol. The monoisotopic (exact) mass is 213 g/mol. The molecule has 1 rings (SSSR count). The molecule has 0 heterocycles. The third-order valence-corrected chi connectivity index (χ3v) is 1.90. The molecule has 0 saturated heterocycles. The lowest BCUT2D eigenvalue weighted by Gasteiger charge is -2.06. The van der Waals surface area contributed by atoms with Crippen LogP contribution in [0.4, 0.5) is 4.39 Å². The summed E-state index contributed by atoms with van der Waals surface area (Å²) in [4.78, 5) is 0.373. The third kappa shape index (κ3) is 3.30. The maximum absolute atomic E-state index is 13.1. The van der Waals surface area contributed by atoms with Crippen molar-refractivity contribution < 1.29 is 9.13 Å². The van der Waals surface area contributed by atoms with Crippen molar-refractivity contribution in [2.75, 3.05) is 6.61 Å². The second-order valence-corrected chi connectivity index (χ2v) is 3.52. The Morgan fingerprint density at radius 3 is 2.93 bits per heavy atom. The van der Waals surface area contributed by atoms with Crippen LogP contribution in [0.5, 0.6) is 5.75 Å². The van der Waals surface area contributed by atoms with Crippen LogP contribution in [0.1, 0.15) is 12.0 Å². The van der Waals surface area contributed by atoms with Crippen molar-refractivity contribution in [2.45, 2.75) is 13.3 Å². The summed E-state index contributed by atoms with van der Waals surface area (Å²) in [5, 5.41) is 0. The van der Waals surface area contributed by atoms with Gasteiger partial charge >= 0.3 is 0 Å². The lowest BCUT2D eigenvalue weighted by molar-refractivity contribution is 0.312. The van der Waals surface area contributed by atoms with Gasteiger partial charge in [-0.15, -0.1) is 0 Å². The number of aryl methyl sites for hydroxylation is 1. The van der Waals surface area contributed by atoms with Crippen LogP contribution in [0.3, 0.4) is 0 Å². The standard InChI is InChI=1S/C10H12FNOS/c1-7-2-3-8(11)9(6-7)13-5-4-10(12)14/h2-3,6H,4-5H2,1H3,(H2,12,14). The van der Waals surface area contributed by atoms with Gasteiger partial charge in [0.25, 0.3) is 0 Å². The molecule has 1 aromatic carbocycles. The summed E-state index contributed by atoms with van der Waals surface area (Å²) < 4.78 is 18.3. The molecule has 4 heteroatoms. The third-order valence-electron chi connectivity index (χ3n) is 1.69. The van der Waals surface area contributed by atoms with E-state index in [-0.39, 0.29) is 11.6 Å². The summed E-state index contributed by atoms with van der Waals surface area (Å²) in [5.74, 6) is -0.111. The highest BCUT2D eigenvalue weighted by molar-refractivity contribution is 7.80. The SMILES string of the molecule is Cc1ccc(F)c(OCCC(N)=S)c1. The number of halogens is 1. The summed E-state index contributed by atoms with van der Waals surface area (Å²) in [5.41, 5.74) is 6.24. The highest BCUT2D eigenvalue weighted by Gasteiger charge is 2.02. The van der Waals surface area contributed by atoms with Gasteiger partial charge < -0.3 is 10.5 Å². The molecule has 2 N–H and O–H groups in total. The van der Waals surface area contributed by atoms with E-state index in [9.17, 15) is 4.39 Å². The van der Waals surface area contributed by atoms with E-state index in [1.807, 2.05) is 6.92 Å². The van der Waals surface area contributed by atoms with E-state index in [1.165, 1.54) is 6.07 Å². The molecule has 0 atom stereocenters. The van der Waals surface area contributed by atoms with E-state index in [4.69, 9.17) is 10.5 Å². The summed E-state index contributed by atoms with van der Waals surface area (Å²) in [7, 11) is 0. The van der Waals surface area contributed by atoms with Crippen molar-refractivity contribution in [1.29, 1.82) is 0 Å². The van der Waals surface area contributed by atoms with Crippen molar-refractivity contribution >= 4 is 17.2 Å². The Labute approximate surface area is 87.9 Å². The zero-order chi connectivity index (χ0) is 10.6. The molecule has 0 aliphatic carbocycles. The van der Waals surface area contributed by atoms with Gasteiger partial charge in [0, 0.05) is 6.42 Å². The predicted octanol–water partition coefficient (Wildman–Crippen LogP) is 2.19. The zero-order valence-electron chi connectivity index (χ0n) is 7.92. The Hall–Kier alpha value is -1.16. The van der Waals surface area contributed by atoms with Crippen molar-refractivity contribution in [3.63, 3.8) is 0 Å². The van der Waals surface area contributed by atoms with Crippen LogP contribution in [0.25, 0.3) is 0 Å². The maximum Gasteiger partial charge on any atom is 0.165 e. The first-order valence-corrected chi connectivity index (χ1v) is 4.67. The fourth-order valence-corrected chi connectivity index (χ4v) is 1.07. The van der Waals surface area contributed by atoms with Gasteiger partial charge in [0.2, 0.25) is 0 Å². The highest BCUT2D eigenvalue weighted by atomic mass is 32.1. The van der Waals surface area contributed by atoms with Gasteiger partial charge in [-0.2, -0.15) is 0 Å². The fourth-order valence-electron chi connectivity index (χ4n) is 0.983. The van der Waals surface area contributed by atoms with Gasteiger partial charge in [-0.05, 0) is 24.6 Å². The lowest BCUT2D eigenvalue weighted by atomic mass is 10.2. The number of rotatable bonds is 4. The van der Waals surface area contributed by atoms with Gasteiger partial charge in [-0.25, -0.2) is 4.39 Å². The van der Waals surface area contributed by atoms with E-state index in [2.05, 4.69) is 12.2 Å². The highest BCUT2D eigenvalue weighted by Crippen LogP contribution is 2.18. The van der Waals surface area contributed by atoms with Crippen LogP contribution >= 0.6 is 12.2 Å². The average Bonchev–Trinajstić information content (AvgIpc) is 2.10.